The number of rotatable bonds is 2. The van der Waals surface area contributed by atoms with Crippen molar-refractivity contribution in [3.63, 3.8) is 0 Å². The molecule has 1 fully saturated rings. The van der Waals surface area contributed by atoms with Gasteiger partial charge in [0.25, 0.3) is 0 Å². The van der Waals surface area contributed by atoms with Crippen molar-refractivity contribution in [2.75, 3.05) is 0 Å². The molecule has 0 amide bonds. The summed E-state index contributed by atoms with van der Waals surface area (Å²) in [5, 5.41) is 0. The fraction of sp³-hybridized carbons (Fsp3) is 0.143. The Balaban J connectivity index is 1.06. The fourth-order valence-electron chi connectivity index (χ4n) is 10.3. The van der Waals surface area contributed by atoms with Crippen LogP contribution in [0.1, 0.15) is 65.5 Å². The van der Waals surface area contributed by atoms with E-state index in [0.29, 0.717) is 0 Å². The van der Waals surface area contributed by atoms with Crippen LogP contribution in [0.15, 0.2) is 158 Å². The molecule has 1 aliphatic heterocycles. The fourth-order valence-corrected chi connectivity index (χ4v) is 10.3. The first-order valence-electron chi connectivity index (χ1n) is 18.2. The van der Waals surface area contributed by atoms with Crippen molar-refractivity contribution in [2.24, 2.45) is 0 Å². The highest BCUT2D eigenvalue weighted by atomic mass is 16.5. The first kappa shape index (κ1) is 28.2. The molecule has 0 unspecified atom stereocenters. The zero-order chi connectivity index (χ0) is 32.9. The summed E-state index contributed by atoms with van der Waals surface area (Å²) in [5.41, 5.74) is 18.3. The summed E-state index contributed by atoms with van der Waals surface area (Å²) < 4.78 is 6.68. The maximum Gasteiger partial charge on any atom is 0.132 e. The molecule has 0 radical (unpaired) electrons. The van der Waals surface area contributed by atoms with Gasteiger partial charge in [-0.25, -0.2) is 0 Å². The molecule has 50 heavy (non-hydrogen) atoms. The Hall–Kier alpha value is -5.66. The van der Waals surface area contributed by atoms with E-state index >= 15 is 0 Å². The molecule has 238 valence electrons. The first-order chi connectivity index (χ1) is 24.8. The van der Waals surface area contributed by atoms with Gasteiger partial charge in [0.05, 0.1) is 5.41 Å². The van der Waals surface area contributed by atoms with Gasteiger partial charge in [-0.1, -0.05) is 159 Å². The summed E-state index contributed by atoms with van der Waals surface area (Å²) >= 11 is 0. The molecule has 0 aromatic heterocycles. The Kier molecular flexibility index (Phi) is 5.88. The lowest BCUT2D eigenvalue weighted by molar-refractivity contribution is 0.353. The van der Waals surface area contributed by atoms with Gasteiger partial charge in [0.15, 0.2) is 0 Å². The monoisotopic (exact) mass is 640 g/mol. The van der Waals surface area contributed by atoms with Gasteiger partial charge in [0.1, 0.15) is 11.5 Å². The van der Waals surface area contributed by atoms with Crippen LogP contribution in [0.5, 0.6) is 11.5 Å². The van der Waals surface area contributed by atoms with Gasteiger partial charge in [-0.2, -0.15) is 0 Å². The van der Waals surface area contributed by atoms with E-state index in [1.165, 1.54) is 104 Å². The Labute approximate surface area is 293 Å². The van der Waals surface area contributed by atoms with Crippen LogP contribution in [0, 0.1) is 0 Å². The summed E-state index contributed by atoms with van der Waals surface area (Å²) in [5.74, 6) is 1.85. The number of hydrogen-bond acceptors (Lipinski definition) is 1. The Morgan fingerprint density at radius 2 is 0.900 bits per heavy atom. The molecule has 2 spiro atoms. The predicted octanol–water partition coefficient (Wildman–Crippen LogP) is 12.7. The minimum absolute atomic E-state index is 0.164. The van der Waals surface area contributed by atoms with Gasteiger partial charge in [0, 0.05) is 16.5 Å². The summed E-state index contributed by atoms with van der Waals surface area (Å²) in [4.78, 5) is 0. The Morgan fingerprint density at radius 3 is 1.64 bits per heavy atom. The smallest absolute Gasteiger partial charge is 0.132 e. The summed E-state index contributed by atoms with van der Waals surface area (Å²) in [7, 11) is 0. The van der Waals surface area contributed by atoms with Crippen molar-refractivity contribution in [3.05, 3.63) is 191 Å². The van der Waals surface area contributed by atoms with Crippen LogP contribution in [0.2, 0.25) is 0 Å². The summed E-state index contributed by atoms with van der Waals surface area (Å²) in [6.45, 7) is 0. The molecular weight excluding hydrogens is 605 g/mol. The van der Waals surface area contributed by atoms with Crippen LogP contribution in [-0.4, -0.2) is 0 Å². The zero-order valence-corrected chi connectivity index (χ0v) is 28.0. The molecule has 0 saturated heterocycles. The maximum absolute atomic E-state index is 6.68. The molecule has 0 bridgehead atoms. The second-order valence-electron chi connectivity index (χ2n) is 14.6. The van der Waals surface area contributed by atoms with Crippen molar-refractivity contribution in [2.45, 2.75) is 42.9 Å². The average molecular weight is 641 g/mol. The summed E-state index contributed by atoms with van der Waals surface area (Å²) in [6.07, 6.45) is 6.47. The van der Waals surface area contributed by atoms with E-state index < -0.39 is 5.41 Å². The van der Waals surface area contributed by atoms with E-state index in [-0.39, 0.29) is 5.41 Å². The van der Waals surface area contributed by atoms with Gasteiger partial charge < -0.3 is 4.74 Å². The number of fused-ring (bicyclic) bond motifs is 14. The van der Waals surface area contributed by atoms with Crippen LogP contribution in [0.25, 0.3) is 44.5 Å². The molecule has 7 aromatic carbocycles. The van der Waals surface area contributed by atoms with Crippen molar-refractivity contribution in [3.8, 4) is 56.0 Å². The molecule has 1 saturated carbocycles. The zero-order valence-electron chi connectivity index (χ0n) is 28.0. The standard InChI is InChI=1S/C49H36O/c1-10-29-48(30-11-1)39-17-5-4-15-38(39)47-35(16-12-21-43(47)48)33-25-23-32(24-26-33)34-27-28-46-44(31-34)49(42-20-8-9-22-45(42)50-46)40-18-6-2-13-36(40)37-14-3-7-19-41(37)49/h2-9,12-28,31H,1,10-11,29-30H2. The van der Waals surface area contributed by atoms with Crippen LogP contribution < -0.4 is 4.74 Å². The number of benzene rings is 7. The number of ether oxygens (including phenoxy) is 1. The highest BCUT2D eigenvalue weighted by Gasteiger charge is 2.51. The maximum atomic E-state index is 6.68. The largest absolute Gasteiger partial charge is 0.457 e. The highest BCUT2D eigenvalue weighted by Crippen LogP contribution is 2.62. The third kappa shape index (κ3) is 3.62. The second kappa shape index (κ2) is 10.4. The number of para-hydroxylation sites is 1. The van der Waals surface area contributed by atoms with E-state index in [0.717, 1.165) is 11.5 Å². The molecular formula is C49H36O. The number of hydrogen-bond donors (Lipinski definition) is 0. The quantitative estimate of drug-likeness (QED) is 0.183. The van der Waals surface area contributed by atoms with Crippen molar-refractivity contribution < 1.29 is 4.74 Å². The van der Waals surface area contributed by atoms with Gasteiger partial charge in [0.2, 0.25) is 0 Å². The van der Waals surface area contributed by atoms with Gasteiger partial charge in [-0.15, -0.1) is 0 Å². The SMILES string of the molecule is c1ccc2c(c1)Oc1ccc(-c3ccc(-c4cccc5c4-c4ccccc4C54CCCCC4)cc3)cc1C21c2ccccc2-c2ccccc21. The lowest BCUT2D eigenvalue weighted by Crippen LogP contribution is -2.32. The lowest BCUT2D eigenvalue weighted by Gasteiger charge is -2.39. The predicted molar refractivity (Wildman–Crippen MR) is 204 cm³/mol. The van der Waals surface area contributed by atoms with Crippen molar-refractivity contribution in [1.29, 1.82) is 0 Å². The van der Waals surface area contributed by atoms with E-state index in [1.807, 2.05) is 0 Å². The van der Waals surface area contributed by atoms with E-state index in [1.54, 1.807) is 5.56 Å². The van der Waals surface area contributed by atoms with E-state index in [4.69, 9.17) is 4.74 Å². The normalized spacial score (nSPS) is 16.5. The minimum Gasteiger partial charge on any atom is -0.457 e. The molecule has 7 aromatic rings. The van der Waals surface area contributed by atoms with Crippen LogP contribution in [0.3, 0.4) is 0 Å². The Bertz CT molecular complexity index is 2450. The van der Waals surface area contributed by atoms with Crippen molar-refractivity contribution in [1.82, 2.24) is 0 Å². The molecule has 3 aliphatic carbocycles. The van der Waals surface area contributed by atoms with Gasteiger partial charge >= 0.3 is 0 Å². The van der Waals surface area contributed by atoms with E-state index in [9.17, 15) is 0 Å². The highest BCUT2D eigenvalue weighted by molar-refractivity contribution is 5.93. The van der Waals surface area contributed by atoms with E-state index in [2.05, 4.69) is 158 Å². The van der Waals surface area contributed by atoms with Crippen LogP contribution in [0.4, 0.5) is 0 Å². The molecule has 0 N–H and O–H groups in total. The second-order valence-corrected chi connectivity index (χ2v) is 14.6. The van der Waals surface area contributed by atoms with Gasteiger partial charge in [-0.3, -0.25) is 0 Å². The van der Waals surface area contributed by atoms with Gasteiger partial charge in [-0.05, 0) is 97.8 Å². The molecule has 11 rings (SSSR count). The molecule has 1 heterocycles. The molecule has 0 atom stereocenters. The topological polar surface area (TPSA) is 9.23 Å². The van der Waals surface area contributed by atoms with Crippen LogP contribution in [-0.2, 0) is 10.8 Å². The summed E-state index contributed by atoms with van der Waals surface area (Å²) in [6, 6.07) is 58.8. The first-order valence-corrected chi connectivity index (χ1v) is 18.2. The van der Waals surface area contributed by atoms with Crippen LogP contribution >= 0.6 is 0 Å². The lowest BCUT2D eigenvalue weighted by atomic mass is 9.66. The third-order valence-corrected chi connectivity index (χ3v) is 12.4. The van der Waals surface area contributed by atoms with Crippen molar-refractivity contribution >= 4 is 0 Å². The third-order valence-electron chi connectivity index (χ3n) is 12.4. The Morgan fingerprint density at radius 1 is 0.360 bits per heavy atom. The molecule has 1 heteroatoms. The molecule has 4 aliphatic rings. The molecule has 1 nitrogen and oxygen atoms in total. The minimum atomic E-state index is -0.458. The average Bonchev–Trinajstić information content (AvgIpc) is 3.63.